The van der Waals surface area contributed by atoms with E-state index in [4.69, 9.17) is 4.98 Å². The monoisotopic (exact) mass is 523 g/mol. The van der Waals surface area contributed by atoms with Crippen molar-refractivity contribution in [3.8, 4) is 0 Å². The largest absolute Gasteiger partial charge is 0.480 e. The van der Waals surface area contributed by atoms with Gasteiger partial charge in [-0.15, -0.1) is 0 Å². The molecular formula is C33H37N3O3. The predicted octanol–water partition coefficient (Wildman–Crippen LogP) is 5.66. The summed E-state index contributed by atoms with van der Waals surface area (Å²) in [6, 6.07) is 18.4. The van der Waals surface area contributed by atoms with Crippen LogP contribution in [0.25, 0.3) is 0 Å². The zero-order chi connectivity index (χ0) is 26.6. The molecule has 5 aliphatic rings. The third-order valence-corrected chi connectivity index (χ3v) is 10.2. The molecule has 2 heterocycles. The number of aryl methyl sites for hydroxylation is 1. The first-order valence-corrected chi connectivity index (χ1v) is 14.6. The number of benzene rings is 2. The second-order valence-electron chi connectivity index (χ2n) is 12.8. The summed E-state index contributed by atoms with van der Waals surface area (Å²) >= 11 is 0. The molecule has 1 N–H and O–H groups in total. The first-order valence-electron chi connectivity index (χ1n) is 14.6. The van der Waals surface area contributed by atoms with Gasteiger partial charge in [0.15, 0.2) is 0 Å². The number of imidazole rings is 1. The fourth-order valence-electron chi connectivity index (χ4n) is 8.91. The van der Waals surface area contributed by atoms with Gasteiger partial charge in [-0.25, -0.2) is 9.78 Å². The van der Waals surface area contributed by atoms with Crippen LogP contribution < -0.4 is 0 Å². The minimum atomic E-state index is -0.956. The minimum Gasteiger partial charge on any atom is -0.480 e. The van der Waals surface area contributed by atoms with Gasteiger partial charge in [-0.2, -0.15) is 0 Å². The Balaban J connectivity index is 1.14. The molecule has 0 unspecified atom stereocenters. The van der Waals surface area contributed by atoms with Gasteiger partial charge in [0.2, 0.25) is 5.91 Å². The number of aromatic nitrogens is 2. The van der Waals surface area contributed by atoms with Crippen LogP contribution in [0.5, 0.6) is 0 Å². The van der Waals surface area contributed by atoms with Gasteiger partial charge < -0.3 is 14.6 Å². The Labute approximate surface area is 230 Å². The molecule has 0 saturated heterocycles. The molecule has 6 heteroatoms. The summed E-state index contributed by atoms with van der Waals surface area (Å²) in [6.07, 6.45) is 11.8. The Hall–Kier alpha value is -3.41. The van der Waals surface area contributed by atoms with Gasteiger partial charge in [0.05, 0.1) is 24.5 Å². The quantitative estimate of drug-likeness (QED) is 0.434. The van der Waals surface area contributed by atoms with Crippen molar-refractivity contribution in [2.24, 2.45) is 23.2 Å². The third-order valence-electron chi connectivity index (χ3n) is 10.2. The Bertz CT molecular complexity index is 1290. The highest BCUT2D eigenvalue weighted by molar-refractivity contribution is 5.91. The Morgan fingerprint density at radius 3 is 2.00 bits per heavy atom. The number of aliphatic carboxylic acids is 1. The summed E-state index contributed by atoms with van der Waals surface area (Å²) in [7, 11) is 0. The Morgan fingerprint density at radius 1 is 0.897 bits per heavy atom. The molecular weight excluding hydrogens is 486 g/mol. The summed E-state index contributed by atoms with van der Waals surface area (Å²) in [5.41, 5.74) is 4.03. The zero-order valence-electron chi connectivity index (χ0n) is 22.4. The first kappa shape index (κ1) is 24.6. The van der Waals surface area contributed by atoms with E-state index in [1.54, 1.807) is 4.90 Å². The van der Waals surface area contributed by atoms with Crippen molar-refractivity contribution in [3.63, 3.8) is 0 Å². The van der Waals surface area contributed by atoms with E-state index in [1.165, 1.54) is 38.5 Å². The molecule has 1 amide bonds. The number of amides is 1. The maximum Gasteiger partial charge on any atom is 0.326 e. The van der Waals surface area contributed by atoms with E-state index in [-0.39, 0.29) is 12.5 Å². The lowest BCUT2D eigenvalue weighted by molar-refractivity contribution is -0.151. The molecule has 1 atom stereocenters. The highest BCUT2D eigenvalue weighted by atomic mass is 16.4. The number of carbonyl (C=O) groups is 2. The topological polar surface area (TPSA) is 75.4 Å². The van der Waals surface area contributed by atoms with Crippen molar-refractivity contribution in [2.45, 2.75) is 76.4 Å². The van der Waals surface area contributed by atoms with E-state index in [0.717, 1.165) is 53.2 Å². The highest BCUT2D eigenvalue weighted by Crippen LogP contribution is 2.61. The van der Waals surface area contributed by atoms with Crippen LogP contribution in [0, 0.1) is 23.2 Å². The van der Waals surface area contributed by atoms with Crippen molar-refractivity contribution in [1.29, 1.82) is 0 Å². The van der Waals surface area contributed by atoms with Crippen LogP contribution >= 0.6 is 0 Å². The molecule has 2 aromatic carbocycles. The highest BCUT2D eigenvalue weighted by Gasteiger charge is 2.50. The number of carboxylic acids is 1. The van der Waals surface area contributed by atoms with E-state index in [9.17, 15) is 14.7 Å². The molecule has 1 aliphatic heterocycles. The molecule has 4 fully saturated rings. The van der Waals surface area contributed by atoms with Crippen molar-refractivity contribution in [2.75, 3.05) is 0 Å². The van der Waals surface area contributed by atoms with Gasteiger partial charge >= 0.3 is 5.97 Å². The zero-order valence-corrected chi connectivity index (χ0v) is 22.4. The molecule has 4 aliphatic carbocycles. The number of rotatable bonds is 7. The second kappa shape index (κ2) is 9.65. The number of hydrogen-bond acceptors (Lipinski definition) is 3. The summed E-state index contributed by atoms with van der Waals surface area (Å²) in [5, 5.41) is 10.3. The second-order valence-corrected chi connectivity index (χ2v) is 12.8. The number of carbonyl (C=O) groups excluding carboxylic acids is 1. The van der Waals surface area contributed by atoms with E-state index >= 15 is 0 Å². The third kappa shape index (κ3) is 4.48. The van der Waals surface area contributed by atoms with Crippen LogP contribution in [0.2, 0.25) is 0 Å². The molecule has 202 valence electrons. The minimum absolute atomic E-state index is 0.187. The summed E-state index contributed by atoms with van der Waals surface area (Å²) in [4.78, 5) is 33.0. The fourth-order valence-corrected chi connectivity index (χ4v) is 8.91. The van der Waals surface area contributed by atoms with Crippen LogP contribution in [-0.2, 0) is 29.1 Å². The smallest absolute Gasteiger partial charge is 0.326 e. The van der Waals surface area contributed by atoms with Gasteiger partial charge in [-0.05, 0) is 79.2 Å². The lowest BCUT2D eigenvalue weighted by Crippen LogP contribution is -2.50. The summed E-state index contributed by atoms with van der Waals surface area (Å²) in [6.45, 7) is 1.12. The average Bonchev–Trinajstić information content (AvgIpc) is 3.34. The SMILES string of the molecule is O=C(O)[C@@H]1Cc2c(ncn2CCC23CC4CC(CC(C4)C2)C3)CN1C(=O)C(c1ccccc1)c1ccccc1. The predicted molar refractivity (Wildman–Crippen MR) is 148 cm³/mol. The Morgan fingerprint density at radius 2 is 1.46 bits per heavy atom. The number of nitrogens with zero attached hydrogens (tertiary/aromatic N) is 3. The maximum absolute atomic E-state index is 14.1. The van der Waals surface area contributed by atoms with Crippen LogP contribution in [0.15, 0.2) is 67.0 Å². The van der Waals surface area contributed by atoms with Gasteiger partial charge in [-0.3, -0.25) is 4.79 Å². The van der Waals surface area contributed by atoms with Crippen molar-refractivity contribution < 1.29 is 14.7 Å². The standard InChI is InChI=1S/C33H37N3O3/c37-31(30(25-7-3-1-4-8-25)26-9-5-2-6-10-26)36-20-27-28(16-29(36)32(38)39)35(21-34-27)12-11-33-17-22-13-23(18-33)15-24(14-22)19-33/h1-10,21-24,29-30H,11-20H2,(H,38,39)/t22?,23?,24?,29-,33?/m0/s1. The van der Waals surface area contributed by atoms with Crippen molar-refractivity contribution >= 4 is 11.9 Å². The molecule has 6 nitrogen and oxygen atoms in total. The molecule has 0 radical (unpaired) electrons. The lowest BCUT2D eigenvalue weighted by atomic mass is 9.49. The van der Waals surface area contributed by atoms with Crippen LogP contribution in [0.4, 0.5) is 0 Å². The van der Waals surface area contributed by atoms with E-state index in [1.807, 2.05) is 67.0 Å². The normalized spacial score (nSPS) is 29.0. The van der Waals surface area contributed by atoms with E-state index in [0.29, 0.717) is 11.8 Å². The number of fused-ring (bicyclic) bond motifs is 1. The summed E-state index contributed by atoms with van der Waals surface area (Å²) in [5.74, 6) is 1.06. The van der Waals surface area contributed by atoms with Crippen LogP contribution in [0.3, 0.4) is 0 Å². The molecule has 4 bridgehead atoms. The molecule has 3 aromatic rings. The average molecular weight is 524 g/mol. The van der Waals surface area contributed by atoms with Gasteiger partial charge in [0.25, 0.3) is 0 Å². The lowest BCUT2D eigenvalue weighted by Gasteiger charge is -2.57. The maximum atomic E-state index is 14.1. The molecule has 39 heavy (non-hydrogen) atoms. The van der Waals surface area contributed by atoms with Crippen LogP contribution in [-0.4, -0.2) is 37.5 Å². The fraction of sp³-hybridized carbons (Fsp3) is 0.485. The van der Waals surface area contributed by atoms with E-state index < -0.39 is 17.9 Å². The molecule has 0 spiro atoms. The number of hydrogen-bond donors (Lipinski definition) is 1. The molecule has 8 rings (SSSR count). The Kier molecular flexibility index (Phi) is 6.09. The van der Waals surface area contributed by atoms with Crippen molar-refractivity contribution in [1.82, 2.24) is 14.5 Å². The van der Waals surface area contributed by atoms with Gasteiger partial charge in [0.1, 0.15) is 6.04 Å². The summed E-state index contributed by atoms with van der Waals surface area (Å²) < 4.78 is 2.21. The van der Waals surface area contributed by atoms with Gasteiger partial charge in [-0.1, -0.05) is 60.7 Å². The van der Waals surface area contributed by atoms with Crippen LogP contribution in [0.1, 0.15) is 73.4 Å². The first-order chi connectivity index (χ1) is 19.0. The molecule has 4 saturated carbocycles. The molecule has 1 aromatic heterocycles. The van der Waals surface area contributed by atoms with Crippen molar-refractivity contribution in [3.05, 3.63) is 89.5 Å². The van der Waals surface area contributed by atoms with Gasteiger partial charge in [0, 0.05) is 18.7 Å². The number of carboxylic acid groups (broad SMARTS) is 1. The van der Waals surface area contributed by atoms with E-state index in [2.05, 4.69) is 4.57 Å².